The normalized spacial score (nSPS) is 11.0. The van der Waals surface area contributed by atoms with Crippen molar-refractivity contribution in [3.05, 3.63) is 47.1 Å². The average Bonchev–Trinajstić information content (AvgIpc) is 2.98. The van der Waals surface area contributed by atoms with Gasteiger partial charge in [0.2, 0.25) is 0 Å². The highest BCUT2D eigenvalue weighted by Gasteiger charge is 2.15. The van der Waals surface area contributed by atoms with Gasteiger partial charge in [-0.05, 0) is 24.6 Å². The largest absolute Gasteiger partial charge is 0.380 e. The molecule has 3 aromatic rings. The van der Waals surface area contributed by atoms with Crippen molar-refractivity contribution < 1.29 is 9.53 Å². The number of imidazole rings is 1. The zero-order chi connectivity index (χ0) is 18.5. The second-order valence-electron chi connectivity index (χ2n) is 5.91. The van der Waals surface area contributed by atoms with E-state index >= 15 is 0 Å². The number of pyridine rings is 1. The summed E-state index contributed by atoms with van der Waals surface area (Å²) in [5, 5.41) is 3.45. The lowest BCUT2D eigenvalue weighted by molar-refractivity contribution is 0.0915. The number of rotatable bonds is 7. The Kier molecular flexibility index (Phi) is 5.85. The molecule has 0 unspecified atom stereocenters. The number of benzene rings is 1. The zero-order valence-corrected chi connectivity index (χ0v) is 15.6. The van der Waals surface area contributed by atoms with Gasteiger partial charge in [0.05, 0.1) is 17.2 Å². The van der Waals surface area contributed by atoms with Crippen LogP contribution >= 0.6 is 11.6 Å². The molecule has 2 aromatic heterocycles. The number of amides is 1. The maximum Gasteiger partial charge on any atom is 0.253 e. The van der Waals surface area contributed by atoms with Crippen LogP contribution in [0.1, 0.15) is 23.7 Å². The minimum absolute atomic E-state index is 0.190. The van der Waals surface area contributed by atoms with Crippen LogP contribution in [0.2, 0.25) is 5.02 Å². The van der Waals surface area contributed by atoms with Gasteiger partial charge in [-0.15, -0.1) is 0 Å². The first-order valence-corrected chi connectivity index (χ1v) is 8.93. The van der Waals surface area contributed by atoms with Gasteiger partial charge in [-0.25, -0.2) is 9.97 Å². The predicted octanol–water partition coefficient (Wildman–Crippen LogP) is 3.45. The van der Waals surface area contributed by atoms with Crippen molar-refractivity contribution in [1.29, 1.82) is 0 Å². The van der Waals surface area contributed by atoms with Crippen LogP contribution in [0, 0.1) is 0 Å². The summed E-state index contributed by atoms with van der Waals surface area (Å²) >= 11 is 6.28. The molecule has 0 aliphatic carbocycles. The third-order valence-corrected chi connectivity index (χ3v) is 4.30. The molecule has 0 aliphatic rings. The van der Waals surface area contributed by atoms with Crippen LogP contribution in [0.3, 0.4) is 0 Å². The van der Waals surface area contributed by atoms with E-state index in [1.165, 1.54) is 0 Å². The summed E-state index contributed by atoms with van der Waals surface area (Å²) in [7, 11) is 1.88. The Morgan fingerprint density at radius 2 is 2.12 bits per heavy atom. The molecule has 7 heteroatoms. The Hall–Kier alpha value is -2.44. The van der Waals surface area contributed by atoms with Gasteiger partial charge in [-0.2, -0.15) is 0 Å². The van der Waals surface area contributed by atoms with Crippen LogP contribution in [0.15, 0.2) is 36.5 Å². The van der Waals surface area contributed by atoms with Crippen molar-refractivity contribution in [2.75, 3.05) is 19.8 Å². The van der Waals surface area contributed by atoms with Gasteiger partial charge in [-0.3, -0.25) is 4.79 Å². The Balaban J connectivity index is 1.81. The maximum atomic E-state index is 12.3. The number of aromatic nitrogens is 3. The van der Waals surface area contributed by atoms with Gasteiger partial charge in [0.15, 0.2) is 5.65 Å². The lowest BCUT2D eigenvalue weighted by atomic mass is 10.2. The van der Waals surface area contributed by atoms with Crippen molar-refractivity contribution in [3.8, 4) is 11.4 Å². The maximum absolute atomic E-state index is 12.3. The molecule has 0 saturated carbocycles. The number of fused-ring (bicyclic) bond motifs is 1. The Morgan fingerprint density at radius 1 is 1.31 bits per heavy atom. The third kappa shape index (κ3) is 3.86. The van der Waals surface area contributed by atoms with Crippen LogP contribution in [0.25, 0.3) is 22.6 Å². The number of hydrogen-bond acceptors (Lipinski definition) is 4. The first-order chi connectivity index (χ1) is 12.6. The van der Waals surface area contributed by atoms with Gasteiger partial charge in [0, 0.05) is 32.0 Å². The highest BCUT2D eigenvalue weighted by atomic mass is 35.5. The molecule has 6 nitrogen and oxygen atoms in total. The summed E-state index contributed by atoms with van der Waals surface area (Å²) < 4.78 is 7.23. The van der Waals surface area contributed by atoms with Gasteiger partial charge in [0.25, 0.3) is 5.91 Å². The predicted molar refractivity (Wildman–Crippen MR) is 102 cm³/mol. The molecule has 2 heterocycles. The fourth-order valence-corrected chi connectivity index (χ4v) is 2.89. The van der Waals surface area contributed by atoms with Gasteiger partial charge < -0.3 is 14.6 Å². The molecule has 3 rings (SSSR count). The summed E-state index contributed by atoms with van der Waals surface area (Å²) in [6, 6.07) is 9.26. The van der Waals surface area contributed by atoms with Crippen LogP contribution in [-0.2, 0) is 11.8 Å². The summed E-state index contributed by atoms with van der Waals surface area (Å²) in [5.74, 6) is 0.521. The van der Waals surface area contributed by atoms with E-state index in [1.54, 1.807) is 12.3 Å². The number of hydrogen-bond donors (Lipinski definition) is 1. The monoisotopic (exact) mass is 372 g/mol. The molecule has 0 atom stereocenters. The van der Waals surface area contributed by atoms with Crippen molar-refractivity contribution in [1.82, 2.24) is 19.9 Å². The second kappa shape index (κ2) is 8.29. The number of nitrogens with zero attached hydrogens (tertiary/aromatic N) is 3. The molecule has 1 amide bonds. The number of aryl methyl sites for hydroxylation is 1. The Bertz CT molecular complexity index is 923. The number of ether oxygens (including phenoxy) is 1. The van der Waals surface area contributed by atoms with E-state index in [2.05, 4.69) is 15.3 Å². The number of halogens is 1. The molecule has 0 fully saturated rings. The topological polar surface area (TPSA) is 69.0 Å². The summed E-state index contributed by atoms with van der Waals surface area (Å²) in [5.41, 5.74) is 2.64. The Labute approximate surface area is 157 Å². The minimum atomic E-state index is -0.190. The molecular formula is C19H21ClN4O2. The summed E-state index contributed by atoms with van der Waals surface area (Å²) in [4.78, 5) is 21.3. The van der Waals surface area contributed by atoms with Crippen LogP contribution in [0.4, 0.5) is 0 Å². The van der Waals surface area contributed by atoms with E-state index < -0.39 is 0 Å². The lowest BCUT2D eigenvalue weighted by Crippen LogP contribution is -2.27. The Morgan fingerprint density at radius 3 is 2.88 bits per heavy atom. The van der Waals surface area contributed by atoms with Crippen LogP contribution in [-0.4, -0.2) is 40.2 Å². The molecule has 0 saturated heterocycles. The van der Waals surface area contributed by atoms with E-state index in [9.17, 15) is 4.79 Å². The van der Waals surface area contributed by atoms with Crippen molar-refractivity contribution in [3.63, 3.8) is 0 Å². The van der Waals surface area contributed by atoms with E-state index in [4.69, 9.17) is 16.3 Å². The molecule has 1 N–H and O–H groups in total. The van der Waals surface area contributed by atoms with Crippen molar-refractivity contribution >= 4 is 28.7 Å². The number of carbonyl (C=O) groups excluding carboxylic acids is 1. The molecular weight excluding hydrogens is 352 g/mol. The molecule has 1 aromatic carbocycles. The van der Waals surface area contributed by atoms with E-state index in [1.807, 2.05) is 42.8 Å². The smallest absolute Gasteiger partial charge is 0.253 e. The highest BCUT2D eigenvalue weighted by Crippen LogP contribution is 2.28. The summed E-state index contributed by atoms with van der Waals surface area (Å²) in [6.45, 7) is 3.70. The third-order valence-electron chi connectivity index (χ3n) is 3.97. The quantitative estimate of drug-likeness (QED) is 0.645. The van der Waals surface area contributed by atoms with Gasteiger partial charge in [-0.1, -0.05) is 30.7 Å². The number of carbonyl (C=O) groups is 1. The standard InChI is InChI=1S/C19H21ClN4O2/c1-3-9-26-10-8-21-19(25)13-11-16-18(22-12-13)24(2)17(23-16)14-6-4-5-7-15(14)20/h4-7,11-12H,3,8-10H2,1-2H3,(H,21,25). The van der Waals surface area contributed by atoms with Gasteiger partial charge in [0.1, 0.15) is 11.3 Å². The fourth-order valence-electron chi connectivity index (χ4n) is 2.67. The average molecular weight is 373 g/mol. The van der Waals surface area contributed by atoms with E-state index in [-0.39, 0.29) is 5.91 Å². The SMILES string of the molecule is CCCOCCNC(=O)c1cnc2c(c1)nc(-c1ccccc1Cl)n2C. The van der Waals surface area contributed by atoms with E-state index in [0.29, 0.717) is 47.3 Å². The summed E-state index contributed by atoms with van der Waals surface area (Å²) in [6.07, 6.45) is 2.52. The van der Waals surface area contributed by atoms with Crippen LogP contribution < -0.4 is 5.32 Å². The molecule has 0 spiro atoms. The van der Waals surface area contributed by atoms with Crippen molar-refractivity contribution in [2.24, 2.45) is 7.05 Å². The molecule has 136 valence electrons. The first-order valence-electron chi connectivity index (χ1n) is 8.55. The van der Waals surface area contributed by atoms with E-state index in [0.717, 1.165) is 12.0 Å². The first kappa shape index (κ1) is 18.4. The molecule has 0 radical (unpaired) electrons. The number of nitrogens with one attached hydrogen (secondary N) is 1. The molecule has 0 bridgehead atoms. The zero-order valence-electron chi connectivity index (χ0n) is 14.8. The molecule has 0 aliphatic heterocycles. The fraction of sp³-hybridized carbons (Fsp3) is 0.316. The molecule has 26 heavy (non-hydrogen) atoms. The second-order valence-corrected chi connectivity index (χ2v) is 6.32. The van der Waals surface area contributed by atoms with Gasteiger partial charge >= 0.3 is 0 Å². The lowest BCUT2D eigenvalue weighted by Gasteiger charge is -2.06. The highest BCUT2D eigenvalue weighted by molar-refractivity contribution is 6.33. The van der Waals surface area contributed by atoms with Crippen molar-refractivity contribution in [2.45, 2.75) is 13.3 Å². The van der Waals surface area contributed by atoms with Crippen LogP contribution in [0.5, 0.6) is 0 Å². The minimum Gasteiger partial charge on any atom is -0.380 e.